The van der Waals surface area contributed by atoms with E-state index in [9.17, 15) is 14.4 Å². The highest BCUT2D eigenvalue weighted by Crippen LogP contribution is 2.22. The lowest BCUT2D eigenvalue weighted by molar-refractivity contribution is -0.130. The first-order chi connectivity index (χ1) is 14.7. The summed E-state index contributed by atoms with van der Waals surface area (Å²) in [6.07, 6.45) is -0.206. The molecule has 0 spiro atoms. The molecule has 2 aromatic rings. The Bertz CT molecular complexity index is 1050. The maximum atomic E-state index is 12.8. The standard InChI is InChI=1S/C21H20Cl2N4O3S/c1-3-26-20(30)17(11-18(28)24-15-9-4-12(2)16(23)10-15)27(21(26)31)25-19(29)13-5-7-14(22)8-6-13/h4-10,17H,3,11H2,1-2H3,(H,24,28)(H,25,29). The quantitative estimate of drug-likeness (QED) is 0.617. The molecule has 162 valence electrons. The highest BCUT2D eigenvalue weighted by Gasteiger charge is 2.43. The molecule has 31 heavy (non-hydrogen) atoms. The molecule has 2 N–H and O–H groups in total. The molecule has 3 amide bonds. The van der Waals surface area contributed by atoms with Crippen LogP contribution in [0.1, 0.15) is 29.3 Å². The van der Waals surface area contributed by atoms with Gasteiger partial charge in [-0.05, 0) is 68.0 Å². The maximum absolute atomic E-state index is 12.8. The van der Waals surface area contributed by atoms with Crippen molar-refractivity contribution in [3.8, 4) is 0 Å². The maximum Gasteiger partial charge on any atom is 0.269 e. The number of hydrogen-bond donors (Lipinski definition) is 2. The van der Waals surface area contributed by atoms with E-state index < -0.39 is 17.9 Å². The lowest BCUT2D eigenvalue weighted by Gasteiger charge is -2.24. The molecule has 1 atom stereocenters. The SMILES string of the molecule is CCN1C(=O)C(CC(=O)Nc2ccc(C)c(Cl)c2)N(NC(=O)c2ccc(Cl)cc2)C1=S. The number of carbonyl (C=O) groups excluding carboxylic acids is 3. The third-order valence-electron chi connectivity index (χ3n) is 4.78. The van der Waals surface area contributed by atoms with Gasteiger partial charge in [0.05, 0.1) is 6.42 Å². The Hall–Kier alpha value is -2.68. The van der Waals surface area contributed by atoms with Crippen LogP contribution in [0.5, 0.6) is 0 Å². The molecule has 1 unspecified atom stereocenters. The van der Waals surface area contributed by atoms with Gasteiger partial charge in [0.25, 0.3) is 11.8 Å². The van der Waals surface area contributed by atoms with Gasteiger partial charge in [-0.15, -0.1) is 0 Å². The number of anilines is 1. The van der Waals surface area contributed by atoms with Gasteiger partial charge in [0.2, 0.25) is 5.91 Å². The lowest BCUT2D eigenvalue weighted by atomic mass is 10.1. The summed E-state index contributed by atoms with van der Waals surface area (Å²) in [5.41, 5.74) is 4.37. The molecule has 2 aromatic carbocycles. The number of aryl methyl sites for hydroxylation is 1. The zero-order chi connectivity index (χ0) is 22.7. The number of carbonyl (C=O) groups is 3. The van der Waals surface area contributed by atoms with Crippen LogP contribution < -0.4 is 10.7 Å². The molecule has 0 saturated carbocycles. The Morgan fingerprint density at radius 3 is 2.42 bits per heavy atom. The van der Waals surface area contributed by atoms with E-state index in [2.05, 4.69) is 10.7 Å². The second-order valence-corrected chi connectivity index (χ2v) is 8.12. The predicted octanol–water partition coefficient (Wildman–Crippen LogP) is 3.79. The van der Waals surface area contributed by atoms with E-state index in [-0.39, 0.29) is 17.4 Å². The molecule has 0 radical (unpaired) electrons. The van der Waals surface area contributed by atoms with Crippen molar-refractivity contribution in [2.24, 2.45) is 0 Å². The Morgan fingerprint density at radius 1 is 1.13 bits per heavy atom. The Labute approximate surface area is 195 Å². The molecule has 7 nitrogen and oxygen atoms in total. The van der Waals surface area contributed by atoms with Crippen LogP contribution in [0.25, 0.3) is 0 Å². The predicted molar refractivity (Wildman–Crippen MR) is 124 cm³/mol. The van der Waals surface area contributed by atoms with Crippen LogP contribution in [0.2, 0.25) is 10.0 Å². The largest absolute Gasteiger partial charge is 0.326 e. The summed E-state index contributed by atoms with van der Waals surface area (Å²) < 4.78 is 0. The summed E-state index contributed by atoms with van der Waals surface area (Å²) in [5, 5.41) is 5.13. The average Bonchev–Trinajstić information content (AvgIpc) is 2.94. The van der Waals surface area contributed by atoms with Gasteiger partial charge in [-0.2, -0.15) is 0 Å². The lowest BCUT2D eigenvalue weighted by Crippen LogP contribution is -2.49. The van der Waals surface area contributed by atoms with Crippen LogP contribution in [-0.4, -0.2) is 45.3 Å². The van der Waals surface area contributed by atoms with Gasteiger partial charge in [0.1, 0.15) is 6.04 Å². The molecule has 0 aliphatic carbocycles. The summed E-state index contributed by atoms with van der Waals surface area (Å²) >= 11 is 17.3. The summed E-state index contributed by atoms with van der Waals surface area (Å²) in [6, 6.07) is 10.4. The van der Waals surface area contributed by atoms with Crippen molar-refractivity contribution in [3.63, 3.8) is 0 Å². The second kappa shape index (κ2) is 9.64. The normalized spacial score (nSPS) is 15.9. The van der Waals surface area contributed by atoms with Crippen LogP contribution >= 0.6 is 35.4 Å². The average molecular weight is 479 g/mol. The summed E-state index contributed by atoms with van der Waals surface area (Å²) in [4.78, 5) is 39.5. The van der Waals surface area contributed by atoms with Gasteiger partial charge in [0, 0.05) is 27.8 Å². The molecule has 1 saturated heterocycles. The fourth-order valence-electron chi connectivity index (χ4n) is 3.08. The number of rotatable bonds is 6. The second-order valence-electron chi connectivity index (χ2n) is 6.91. The van der Waals surface area contributed by atoms with E-state index in [1.165, 1.54) is 9.91 Å². The summed E-state index contributed by atoms with van der Waals surface area (Å²) in [6.45, 7) is 3.93. The number of amides is 3. The minimum Gasteiger partial charge on any atom is -0.326 e. The topological polar surface area (TPSA) is 81.8 Å². The third-order valence-corrected chi connectivity index (χ3v) is 5.85. The van der Waals surface area contributed by atoms with Gasteiger partial charge < -0.3 is 5.32 Å². The van der Waals surface area contributed by atoms with Gasteiger partial charge >= 0.3 is 0 Å². The van der Waals surface area contributed by atoms with E-state index in [0.29, 0.717) is 27.8 Å². The van der Waals surface area contributed by atoms with Crippen LogP contribution in [0.4, 0.5) is 5.69 Å². The minimum absolute atomic E-state index is 0.131. The third kappa shape index (κ3) is 5.15. The molecule has 1 aliphatic heterocycles. The van der Waals surface area contributed by atoms with E-state index in [0.717, 1.165) is 5.56 Å². The fraction of sp³-hybridized carbons (Fsp3) is 0.238. The van der Waals surface area contributed by atoms with E-state index in [1.807, 2.05) is 6.92 Å². The number of thiocarbonyl (C=S) groups is 1. The van der Waals surface area contributed by atoms with Crippen molar-refractivity contribution >= 4 is 63.9 Å². The van der Waals surface area contributed by atoms with Crippen molar-refractivity contribution in [3.05, 3.63) is 63.6 Å². The van der Waals surface area contributed by atoms with E-state index in [4.69, 9.17) is 35.4 Å². The van der Waals surface area contributed by atoms with E-state index in [1.54, 1.807) is 49.4 Å². The van der Waals surface area contributed by atoms with Gasteiger partial charge in [0.15, 0.2) is 5.11 Å². The van der Waals surface area contributed by atoms with Crippen LogP contribution in [0.3, 0.4) is 0 Å². The first-order valence-corrected chi connectivity index (χ1v) is 10.6. The van der Waals surface area contributed by atoms with Gasteiger partial charge in [-0.1, -0.05) is 29.3 Å². The molecule has 0 aromatic heterocycles. The molecule has 1 heterocycles. The molecule has 1 aliphatic rings. The first kappa shape index (κ1) is 23.0. The molecule has 1 fully saturated rings. The molecule has 10 heteroatoms. The first-order valence-electron chi connectivity index (χ1n) is 9.48. The van der Waals surface area contributed by atoms with Gasteiger partial charge in [-0.3, -0.25) is 24.7 Å². The number of nitrogens with one attached hydrogen (secondary N) is 2. The zero-order valence-corrected chi connectivity index (χ0v) is 19.1. The molecular weight excluding hydrogens is 459 g/mol. The number of hydrazine groups is 1. The summed E-state index contributed by atoms with van der Waals surface area (Å²) in [7, 11) is 0. The number of halogens is 2. The molecular formula is C21H20Cl2N4O3S. The number of benzene rings is 2. The minimum atomic E-state index is -0.968. The van der Waals surface area contributed by atoms with Crippen molar-refractivity contribution in [1.82, 2.24) is 15.3 Å². The smallest absolute Gasteiger partial charge is 0.269 e. The van der Waals surface area contributed by atoms with Gasteiger partial charge in [-0.25, -0.2) is 5.01 Å². The van der Waals surface area contributed by atoms with Crippen LogP contribution in [0, 0.1) is 6.92 Å². The van der Waals surface area contributed by atoms with Crippen molar-refractivity contribution in [2.75, 3.05) is 11.9 Å². The van der Waals surface area contributed by atoms with E-state index >= 15 is 0 Å². The Balaban J connectivity index is 1.76. The zero-order valence-electron chi connectivity index (χ0n) is 16.8. The van der Waals surface area contributed by atoms with Crippen molar-refractivity contribution in [2.45, 2.75) is 26.3 Å². The molecule has 3 rings (SSSR count). The molecule has 0 bridgehead atoms. The Kier molecular flexibility index (Phi) is 7.15. The van der Waals surface area contributed by atoms with Crippen molar-refractivity contribution < 1.29 is 14.4 Å². The fourth-order valence-corrected chi connectivity index (χ4v) is 3.78. The highest BCUT2D eigenvalue weighted by atomic mass is 35.5. The number of nitrogens with zero attached hydrogens (tertiary/aromatic N) is 2. The number of likely N-dealkylation sites (N-methyl/N-ethyl adjacent to an activating group) is 1. The van der Waals surface area contributed by atoms with Crippen LogP contribution in [-0.2, 0) is 9.59 Å². The van der Waals surface area contributed by atoms with Crippen molar-refractivity contribution in [1.29, 1.82) is 0 Å². The Morgan fingerprint density at radius 2 is 1.81 bits per heavy atom. The number of hydrogen-bond acceptors (Lipinski definition) is 4. The highest BCUT2D eigenvalue weighted by molar-refractivity contribution is 7.80. The monoisotopic (exact) mass is 478 g/mol. The van der Waals surface area contributed by atoms with Crippen LogP contribution in [0.15, 0.2) is 42.5 Å². The summed E-state index contributed by atoms with van der Waals surface area (Å²) in [5.74, 6) is -1.24.